The van der Waals surface area contributed by atoms with Crippen molar-refractivity contribution in [3.05, 3.63) is 0 Å². The smallest absolute Gasteiger partial charge is 0.317 e. The Morgan fingerprint density at radius 2 is 1.78 bits per heavy atom. The molecule has 2 unspecified atom stereocenters. The van der Waals surface area contributed by atoms with E-state index in [0.29, 0.717) is 6.54 Å². The van der Waals surface area contributed by atoms with Crippen LogP contribution in [0.1, 0.15) is 40.0 Å². The minimum atomic E-state index is -0.885. The fourth-order valence-corrected chi connectivity index (χ4v) is 2.66. The summed E-state index contributed by atoms with van der Waals surface area (Å²) in [5.41, 5.74) is 0. The van der Waals surface area contributed by atoms with Crippen molar-refractivity contribution >= 4 is 11.9 Å². The lowest BCUT2D eigenvalue weighted by Crippen LogP contribution is -2.51. The van der Waals surface area contributed by atoms with Crippen molar-refractivity contribution in [3.8, 4) is 0 Å². The summed E-state index contributed by atoms with van der Waals surface area (Å²) in [5, 5.41) is 8.78. The average Bonchev–Trinajstić information content (AvgIpc) is 2.27. The lowest BCUT2D eigenvalue weighted by Gasteiger charge is -2.40. The highest BCUT2D eigenvalue weighted by atomic mass is 16.4. The first-order valence-electron chi connectivity index (χ1n) is 6.71. The van der Waals surface area contributed by atoms with Crippen LogP contribution in [-0.4, -0.2) is 58.5 Å². The molecule has 1 fully saturated rings. The lowest BCUT2D eigenvalue weighted by molar-refractivity contribution is -0.141. The van der Waals surface area contributed by atoms with Gasteiger partial charge in [-0.15, -0.1) is 0 Å². The molecule has 5 heteroatoms. The summed E-state index contributed by atoms with van der Waals surface area (Å²) in [4.78, 5) is 26.5. The maximum absolute atomic E-state index is 12.3. The van der Waals surface area contributed by atoms with Crippen molar-refractivity contribution in [2.45, 2.75) is 52.1 Å². The molecular weight excluding hydrogens is 232 g/mol. The number of likely N-dealkylation sites (N-methyl/N-ethyl adjacent to an activating group) is 1. The summed E-state index contributed by atoms with van der Waals surface area (Å²) in [6.45, 7) is 6.73. The Bertz CT molecular complexity index is 297. The van der Waals surface area contributed by atoms with E-state index < -0.39 is 5.97 Å². The monoisotopic (exact) mass is 256 g/mol. The molecule has 1 amide bonds. The second-order valence-corrected chi connectivity index (χ2v) is 5.13. The number of rotatable bonds is 5. The fraction of sp³-hybridized carbons (Fsp3) is 0.846. The van der Waals surface area contributed by atoms with Crippen LogP contribution in [0.15, 0.2) is 0 Å². The molecule has 5 nitrogen and oxygen atoms in total. The van der Waals surface area contributed by atoms with Crippen molar-refractivity contribution in [3.63, 3.8) is 0 Å². The number of carboxylic acids is 1. The summed E-state index contributed by atoms with van der Waals surface area (Å²) in [7, 11) is 0. The van der Waals surface area contributed by atoms with E-state index in [9.17, 15) is 9.59 Å². The SMILES string of the molecule is CCN(CC(=O)O)CC(=O)N1C(C)CCCC1C. The molecule has 1 aliphatic rings. The van der Waals surface area contributed by atoms with E-state index in [1.54, 1.807) is 4.90 Å². The number of aliphatic carboxylic acids is 1. The molecular formula is C13H24N2O3. The predicted molar refractivity (Wildman–Crippen MR) is 69.4 cm³/mol. The first-order chi connectivity index (χ1) is 8.45. The van der Waals surface area contributed by atoms with E-state index in [2.05, 4.69) is 13.8 Å². The third-order valence-electron chi connectivity index (χ3n) is 3.65. The van der Waals surface area contributed by atoms with Gasteiger partial charge in [-0.2, -0.15) is 0 Å². The molecule has 0 spiro atoms. The first kappa shape index (κ1) is 15.0. The number of likely N-dealkylation sites (tertiary alicyclic amines) is 1. The van der Waals surface area contributed by atoms with Gasteiger partial charge >= 0.3 is 5.97 Å². The molecule has 0 aromatic carbocycles. The predicted octanol–water partition coefficient (Wildman–Crippen LogP) is 1.18. The molecule has 104 valence electrons. The number of amides is 1. The number of hydrogen-bond donors (Lipinski definition) is 1. The second kappa shape index (κ2) is 6.73. The van der Waals surface area contributed by atoms with Crippen LogP contribution in [0.5, 0.6) is 0 Å². The standard InChI is InChI=1S/C13H24N2O3/c1-4-14(9-13(17)18)8-12(16)15-10(2)6-5-7-11(15)3/h10-11H,4-9H2,1-3H3,(H,17,18). The van der Waals surface area contributed by atoms with Crippen LogP contribution < -0.4 is 0 Å². The molecule has 0 saturated carbocycles. The molecule has 0 radical (unpaired) electrons. The highest BCUT2D eigenvalue weighted by Crippen LogP contribution is 2.22. The van der Waals surface area contributed by atoms with Gasteiger partial charge in [0, 0.05) is 12.1 Å². The molecule has 1 rings (SSSR count). The Hall–Kier alpha value is -1.10. The summed E-state index contributed by atoms with van der Waals surface area (Å²) >= 11 is 0. The van der Waals surface area contributed by atoms with E-state index >= 15 is 0 Å². The maximum Gasteiger partial charge on any atom is 0.317 e. The number of carbonyl (C=O) groups is 2. The van der Waals surface area contributed by atoms with Crippen molar-refractivity contribution in [1.29, 1.82) is 0 Å². The maximum atomic E-state index is 12.3. The quantitative estimate of drug-likeness (QED) is 0.802. The van der Waals surface area contributed by atoms with Crippen molar-refractivity contribution in [1.82, 2.24) is 9.80 Å². The van der Waals surface area contributed by atoms with Crippen LogP contribution in [-0.2, 0) is 9.59 Å². The zero-order valence-electron chi connectivity index (χ0n) is 11.6. The highest BCUT2D eigenvalue weighted by molar-refractivity contribution is 5.80. The average molecular weight is 256 g/mol. The number of carboxylic acid groups (broad SMARTS) is 1. The largest absolute Gasteiger partial charge is 0.480 e. The summed E-state index contributed by atoms with van der Waals surface area (Å²) in [6, 6.07) is 0.537. The zero-order valence-corrected chi connectivity index (χ0v) is 11.6. The van der Waals surface area contributed by atoms with Crippen LogP contribution in [0, 0.1) is 0 Å². The Balaban J connectivity index is 2.59. The number of hydrogen-bond acceptors (Lipinski definition) is 3. The van der Waals surface area contributed by atoms with Gasteiger partial charge in [0.05, 0.1) is 13.1 Å². The van der Waals surface area contributed by atoms with Gasteiger partial charge in [0.15, 0.2) is 0 Å². The molecule has 0 aliphatic carbocycles. The molecule has 1 saturated heterocycles. The number of nitrogens with zero attached hydrogens (tertiary/aromatic N) is 2. The van der Waals surface area contributed by atoms with Crippen LogP contribution in [0.3, 0.4) is 0 Å². The molecule has 1 aliphatic heterocycles. The summed E-state index contributed by atoms with van der Waals surface area (Å²) in [5.74, 6) is -0.831. The fourth-order valence-electron chi connectivity index (χ4n) is 2.66. The van der Waals surface area contributed by atoms with E-state index in [4.69, 9.17) is 5.11 Å². The number of carbonyl (C=O) groups excluding carboxylic acids is 1. The van der Waals surface area contributed by atoms with Crippen LogP contribution in [0.25, 0.3) is 0 Å². The van der Waals surface area contributed by atoms with Gasteiger partial charge < -0.3 is 10.0 Å². The molecule has 0 aromatic rings. The van der Waals surface area contributed by atoms with Gasteiger partial charge in [-0.3, -0.25) is 14.5 Å². The Labute approximate surface area is 109 Å². The number of piperidine rings is 1. The zero-order chi connectivity index (χ0) is 13.7. The topological polar surface area (TPSA) is 60.9 Å². The van der Waals surface area contributed by atoms with E-state index in [1.807, 2.05) is 11.8 Å². The van der Waals surface area contributed by atoms with Gasteiger partial charge in [0.1, 0.15) is 0 Å². The Morgan fingerprint density at radius 1 is 1.22 bits per heavy atom. The molecule has 0 aromatic heterocycles. The van der Waals surface area contributed by atoms with E-state index in [0.717, 1.165) is 12.8 Å². The van der Waals surface area contributed by atoms with Gasteiger partial charge in [-0.25, -0.2) is 0 Å². The Morgan fingerprint density at radius 3 is 2.22 bits per heavy atom. The van der Waals surface area contributed by atoms with Crippen LogP contribution >= 0.6 is 0 Å². The van der Waals surface area contributed by atoms with Crippen LogP contribution in [0.4, 0.5) is 0 Å². The minimum absolute atomic E-state index is 0.0535. The van der Waals surface area contributed by atoms with Gasteiger partial charge in [0.25, 0.3) is 0 Å². The van der Waals surface area contributed by atoms with Crippen LogP contribution in [0.2, 0.25) is 0 Å². The van der Waals surface area contributed by atoms with Crippen molar-refractivity contribution < 1.29 is 14.7 Å². The van der Waals surface area contributed by atoms with E-state index in [-0.39, 0.29) is 31.1 Å². The van der Waals surface area contributed by atoms with Gasteiger partial charge in [-0.1, -0.05) is 6.92 Å². The highest BCUT2D eigenvalue weighted by Gasteiger charge is 2.29. The Kier molecular flexibility index (Phi) is 5.59. The lowest BCUT2D eigenvalue weighted by atomic mass is 9.97. The van der Waals surface area contributed by atoms with Gasteiger partial charge in [-0.05, 0) is 39.7 Å². The minimum Gasteiger partial charge on any atom is -0.480 e. The molecule has 1 N–H and O–H groups in total. The molecule has 2 atom stereocenters. The normalized spacial score (nSPS) is 24.3. The molecule has 18 heavy (non-hydrogen) atoms. The summed E-state index contributed by atoms with van der Waals surface area (Å²) in [6.07, 6.45) is 3.25. The second-order valence-electron chi connectivity index (χ2n) is 5.13. The summed E-state index contributed by atoms with van der Waals surface area (Å²) < 4.78 is 0. The first-order valence-corrected chi connectivity index (χ1v) is 6.71. The third kappa shape index (κ3) is 3.98. The molecule has 0 bridgehead atoms. The van der Waals surface area contributed by atoms with Gasteiger partial charge in [0.2, 0.25) is 5.91 Å². The van der Waals surface area contributed by atoms with Crippen molar-refractivity contribution in [2.75, 3.05) is 19.6 Å². The third-order valence-corrected chi connectivity index (χ3v) is 3.65. The molecule has 1 heterocycles. The van der Waals surface area contributed by atoms with E-state index in [1.165, 1.54) is 6.42 Å². The van der Waals surface area contributed by atoms with Crippen molar-refractivity contribution in [2.24, 2.45) is 0 Å².